The van der Waals surface area contributed by atoms with Gasteiger partial charge in [-0.25, -0.2) is 0 Å². The minimum atomic E-state index is -0.794. The molecule has 1 N–H and O–H groups in total. The summed E-state index contributed by atoms with van der Waals surface area (Å²) in [5.41, 5.74) is 0. The normalized spacial score (nSPS) is 30.4. The molecule has 0 aromatic rings. The average molecular weight is 225 g/mol. The zero-order chi connectivity index (χ0) is 11.5. The number of carbonyl (C=O) groups is 2. The van der Waals surface area contributed by atoms with E-state index in [4.69, 9.17) is 5.11 Å². The molecule has 1 aliphatic carbocycles. The van der Waals surface area contributed by atoms with E-state index in [2.05, 4.69) is 0 Å². The van der Waals surface area contributed by atoms with E-state index < -0.39 is 11.9 Å². The largest absolute Gasteiger partial charge is 0.481 e. The highest BCUT2D eigenvalue weighted by Gasteiger charge is 2.38. The lowest BCUT2D eigenvalue weighted by Crippen LogP contribution is -2.41. The molecule has 16 heavy (non-hydrogen) atoms. The lowest BCUT2D eigenvalue weighted by Gasteiger charge is -2.30. The molecule has 0 aromatic heterocycles. The molecule has 1 amide bonds. The monoisotopic (exact) mass is 225 g/mol. The fourth-order valence-corrected chi connectivity index (χ4v) is 2.89. The van der Waals surface area contributed by atoms with Crippen molar-refractivity contribution in [2.75, 3.05) is 13.1 Å². The third-order valence-electron chi connectivity index (χ3n) is 3.82. The van der Waals surface area contributed by atoms with E-state index in [1.54, 1.807) is 0 Å². The Labute approximate surface area is 95.6 Å². The fraction of sp³-hybridized carbons (Fsp3) is 0.833. The first-order chi connectivity index (χ1) is 7.70. The number of amides is 1. The predicted octanol–water partition coefficient (Wildman–Crippen LogP) is 1.50. The Morgan fingerprint density at radius 2 is 1.50 bits per heavy atom. The molecule has 90 valence electrons. The smallest absolute Gasteiger partial charge is 0.307 e. The van der Waals surface area contributed by atoms with Crippen LogP contribution in [0.1, 0.15) is 38.5 Å². The van der Waals surface area contributed by atoms with E-state index in [1.165, 1.54) is 0 Å². The van der Waals surface area contributed by atoms with E-state index >= 15 is 0 Å². The molecule has 0 radical (unpaired) electrons. The van der Waals surface area contributed by atoms with Crippen LogP contribution < -0.4 is 0 Å². The first-order valence-electron chi connectivity index (χ1n) is 6.22. The summed E-state index contributed by atoms with van der Waals surface area (Å²) < 4.78 is 0. The summed E-state index contributed by atoms with van der Waals surface area (Å²) in [6.45, 7) is 1.64. The molecule has 2 atom stereocenters. The maximum atomic E-state index is 12.2. The van der Waals surface area contributed by atoms with E-state index in [-0.39, 0.29) is 11.8 Å². The SMILES string of the molecule is O=C(O)[C@@H]1CCCC[C@H]1C(=O)N1CCCC1. The number of carboxylic acid groups (broad SMARTS) is 1. The van der Waals surface area contributed by atoms with Crippen LogP contribution in [-0.4, -0.2) is 35.0 Å². The Balaban J connectivity index is 2.04. The second-order valence-electron chi connectivity index (χ2n) is 4.87. The number of carbonyl (C=O) groups excluding carboxylic acids is 1. The van der Waals surface area contributed by atoms with Gasteiger partial charge in [-0.3, -0.25) is 9.59 Å². The molecule has 4 nitrogen and oxygen atoms in total. The standard InChI is InChI=1S/C12H19NO3/c14-11(13-7-3-4-8-13)9-5-1-2-6-10(9)12(15)16/h9-10H,1-8H2,(H,15,16)/t9-,10-/m1/s1. The van der Waals surface area contributed by atoms with Gasteiger partial charge in [-0.05, 0) is 25.7 Å². The number of aliphatic carboxylic acids is 1. The first-order valence-corrected chi connectivity index (χ1v) is 6.22. The number of carboxylic acids is 1. The van der Waals surface area contributed by atoms with Crippen LogP contribution in [0.5, 0.6) is 0 Å². The molecule has 0 bridgehead atoms. The molecule has 1 heterocycles. The van der Waals surface area contributed by atoms with Crippen molar-refractivity contribution in [3.8, 4) is 0 Å². The van der Waals surface area contributed by atoms with Gasteiger partial charge in [0.1, 0.15) is 0 Å². The van der Waals surface area contributed by atoms with Crippen LogP contribution in [0.15, 0.2) is 0 Å². The number of rotatable bonds is 2. The van der Waals surface area contributed by atoms with E-state index in [0.717, 1.165) is 45.2 Å². The van der Waals surface area contributed by atoms with E-state index in [1.807, 2.05) is 4.90 Å². The first kappa shape index (κ1) is 11.4. The van der Waals surface area contributed by atoms with Crippen LogP contribution >= 0.6 is 0 Å². The van der Waals surface area contributed by atoms with Crippen molar-refractivity contribution in [2.24, 2.45) is 11.8 Å². The number of likely N-dealkylation sites (tertiary alicyclic amines) is 1. The molecule has 2 rings (SSSR count). The van der Waals surface area contributed by atoms with Crippen LogP contribution in [-0.2, 0) is 9.59 Å². The van der Waals surface area contributed by atoms with Gasteiger partial charge in [0.05, 0.1) is 11.8 Å². The van der Waals surface area contributed by atoms with Crippen molar-refractivity contribution < 1.29 is 14.7 Å². The van der Waals surface area contributed by atoms with Gasteiger partial charge in [0.25, 0.3) is 0 Å². The molecule has 0 aromatic carbocycles. The minimum absolute atomic E-state index is 0.0876. The van der Waals surface area contributed by atoms with Crippen LogP contribution in [0.2, 0.25) is 0 Å². The molecular formula is C12H19NO3. The predicted molar refractivity (Wildman–Crippen MR) is 58.9 cm³/mol. The Bertz CT molecular complexity index is 284. The number of nitrogens with zero attached hydrogens (tertiary/aromatic N) is 1. The lowest BCUT2D eigenvalue weighted by molar-refractivity contribution is -0.151. The summed E-state index contributed by atoms with van der Waals surface area (Å²) in [7, 11) is 0. The van der Waals surface area contributed by atoms with Crippen molar-refractivity contribution in [1.29, 1.82) is 0 Å². The summed E-state index contributed by atoms with van der Waals surface area (Å²) in [5, 5.41) is 9.13. The van der Waals surface area contributed by atoms with Gasteiger partial charge in [-0.15, -0.1) is 0 Å². The van der Waals surface area contributed by atoms with Crippen molar-refractivity contribution in [2.45, 2.75) is 38.5 Å². The molecule has 1 saturated carbocycles. The summed E-state index contributed by atoms with van der Waals surface area (Å²) in [6.07, 6.45) is 5.49. The topological polar surface area (TPSA) is 57.6 Å². The zero-order valence-electron chi connectivity index (χ0n) is 9.52. The third-order valence-corrected chi connectivity index (χ3v) is 3.82. The quantitative estimate of drug-likeness (QED) is 0.774. The van der Waals surface area contributed by atoms with E-state index in [9.17, 15) is 9.59 Å². The van der Waals surface area contributed by atoms with Gasteiger partial charge in [0, 0.05) is 13.1 Å². The van der Waals surface area contributed by atoms with Gasteiger partial charge in [0.15, 0.2) is 0 Å². The Morgan fingerprint density at radius 1 is 0.938 bits per heavy atom. The highest BCUT2D eigenvalue weighted by atomic mass is 16.4. The van der Waals surface area contributed by atoms with Gasteiger partial charge in [-0.2, -0.15) is 0 Å². The molecule has 4 heteroatoms. The van der Waals surface area contributed by atoms with Gasteiger partial charge >= 0.3 is 5.97 Å². The highest BCUT2D eigenvalue weighted by Crippen LogP contribution is 2.32. The van der Waals surface area contributed by atoms with Crippen molar-refractivity contribution >= 4 is 11.9 Å². The maximum Gasteiger partial charge on any atom is 0.307 e. The summed E-state index contributed by atoms with van der Waals surface area (Å²) in [4.78, 5) is 25.1. The van der Waals surface area contributed by atoms with Crippen molar-refractivity contribution in [3.63, 3.8) is 0 Å². The molecule has 2 fully saturated rings. The van der Waals surface area contributed by atoms with Crippen LogP contribution in [0.25, 0.3) is 0 Å². The second-order valence-corrected chi connectivity index (χ2v) is 4.87. The minimum Gasteiger partial charge on any atom is -0.481 e. The maximum absolute atomic E-state index is 12.2. The molecular weight excluding hydrogens is 206 g/mol. The average Bonchev–Trinajstić information content (AvgIpc) is 2.81. The summed E-state index contributed by atoms with van der Waals surface area (Å²) in [5.74, 6) is -1.41. The van der Waals surface area contributed by atoms with Gasteiger partial charge in [0.2, 0.25) is 5.91 Å². The third kappa shape index (κ3) is 2.20. The number of hydrogen-bond acceptors (Lipinski definition) is 2. The van der Waals surface area contributed by atoms with Crippen molar-refractivity contribution in [3.05, 3.63) is 0 Å². The molecule has 2 aliphatic rings. The molecule has 0 spiro atoms. The van der Waals surface area contributed by atoms with Gasteiger partial charge < -0.3 is 10.0 Å². The van der Waals surface area contributed by atoms with Crippen molar-refractivity contribution in [1.82, 2.24) is 4.90 Å². The second kappa shape index (κ2) is 4.85. The van der Waals surface area contributed by atoms with E-state index in [0.29, 0.717) is 6.42 Å². The highest BCUT2D eigenvalue weighted by molar-refractivity contribution is 5.85. The summed E-state index contributed by atoms with van der Waals surface area (Å²) in [6, 6.07) is 0. The van der Waals surface area contributed by atoms with Crippen LogP contribution in [0.3, 0.4) is 0 Å². The summed E-state index contributed by atoms with van der Waals surface area (Å²) >= 11 is 0. The molecule has 1 aliphatic heterocycles. The molecule has 1 saturated heterocycles. The number of hydrogen-bond donors (Lipinski definition) is 1. The zero-order valence-corrected chi connectivity index (χ0v) is 9.52. The molecule has 0 unspecified atom stereocenters. The lowest BCUT2D eigenvalue weighted by atomic mass is 9.78. The Kier molecular flexibility index (Phi) is 3.46. The Hall–Kier alpha value is -1.06. The van der Waals surface area contributed by atoms with Crippen LogP contribution in [0, 0.1) is 11.8 Å². The van der Waals surface area contributed by atoms with Gasteiger partial charge in [-0.1, -0.05) is 12.8 Å². The van der Waals surface area contributed by atoms with Crippen LogP contribution in [0.4, 0.5) is 0 Å². The fourth-order valence-electron chi connectivity index (χ4n) is 2.89. The Morgan fingerprint density at radius 3 is 2.06 bits per heavy atom.